The Bertz CT molecular complexity index is 748. The highest BCUT2D eigenvalue weighted by molar-refractivity contribution is 7.92. The second-order valence-corrected chi connectivity index (χ2v) is 6.55. The molecule has 21 heavy (non-hydrogen) atoms. The Morgan fingerprint density at radius 1 is 1.10 bits per heavy atom. The minimum Gasteiger partial charge on any atom is -0.269 e. The molecule has 0 aliphatic carbocycles. The van der Waals surface area contributed by atoms with Crippen LogP contribution in [-0.2, 0) is 15.9 Å². The van der Waals surface area contributed by atoms with Crippen molar-refractivity contribution in [2.24, 2.45) is 0 Å². The lowest BCUT2D eigenvalue weighted by atomic mass is 10.2. The van der Waals surface area contributed by atoms with Crippen molar-refractivity contribution >= 4 is 27.3 Å². The van der Waals surface area contributed by atoms with Gasteiger partial charge in [0.2, 0.25) is 0 Å². The Labute approximate surface area is 126 Å². The smallest absolute Gasteiger partial charge is 0.266 e. The zero-order valence-electron chi connectivity index (χ0n) is 11.1. The second-order valence-electron chi connectivity index (χ2n) is 4.35. The number of sulfonamides is 1. The Morgan fingerprint density at radius 3 is 2.29 bits per heavy atom. The van der Waals surface area contributed by atoms with Gasteiger partial charge in [0.15, 0.2) is 0 Å². The average molecular weight is 332 g/mol. The van der Waals surface area contributed by atoms with E-state index in [4.69, 9.17) is 11.6 Å². The van der Waals surface area contributed by atoms with Crippen LogP contribution in [-0.4, -0.2) is 15.5 Å². The van der Waals surface area contributed by atoms with Crippen molar-refractivity contribution < 1.29 is 17.2 Å². The minimum absolute atomic E-state index is 0.0725. The molecule has 0 fully saturated rings. The molecule has 2 aromatic carbocycles. The number of hydrogen-bond acceptors (Lipinski definition) is 2. The largest absolute Gasteiger partial charge is 0.269 e. The number of nitrogens with zero attached hydrogens (tertiary/aromatic N) is 1. The fourth-order valence-electron chi connectivity index (χ4n) is 1.77. The van der Waals surface area contributed by atoms with E-state index in [1.54, 1.807) is 0 Å². The molecular weight excluding hydrogens is 320 g/mol. The van der Waals surface area contributed by atoms with Gasteiger partial charge in [0.25, 0.3) is 10.0 Å². The fourth-order valence-corrected chi connectivity index (χ4v) is 3.24. The molecule has 0 atom stereocenters. The monoisotopic (exact) mass is 331 g/mol. The molecule has 0 aromatic heterocycles. The van der Waals surface area contributed by atoms with Crippen LogP contribution in [0.4, 0.5) is 14.5 Å². The number of rotatable bonds is 4. The molecule has 3 nitrogen and oxygen atoms in total. The zero-order valence-corrected chi connectivity index (χ0v) is 12.6. The van der Waals surface area contributed by atoms with Crippen LogP contribution in [0.3, 0.4) is 0 Å². The third kappa shape index (κ3) is 3.16. The van der Waals surface area contributed by atoms with Crippen LogP contribution in [0.15, 0.2) is 47.4 Å². The average Bonchev–Trinajstić information content (AvgIpc) is 2.47. The predicted molar refractivity (Wildman–Crippen MR) is 77.9 cm³/mol. The first-order valence-electron chi connectivity index (χ1n) is 5.95. The van der Waals surface area contributed by atoms with E-state index in [9.17, 15) is 17.2 Å². The van der Waals surface area contributed by atoms with E-state index in [-0.39, 0.29) is 11.6 Å². The highest BCUT2D eigenvalue weighted by Crippen LogP contribution is 2.25. The lowest BCUT2D eigenvalue weighted by Gasteiger charge is -2.20. The topological polar surface area (TPSA) is 37.4 Å². The maximum atomic E-state index is 13.8. The van der Waals surface area contributed by atoms with E-state index in [0.717, 1.165) is 22.5 Å². The Hall–Kier alpha value is -1.66. The maximum Gasteiger partial charge on any atom is 0.266 e. The minimum atomic E-state index is -4.09. The van der Waals surface area contributed by atoms with Gasteiger partial charge in [0.1, 0.15) is 16.5 Å². The van der Waals surface area contributed by atoms with Gasteiger partial charge in [-0.05, 0) is 42.0 Å². The van der Waals surface area contributed by atoms with Gasteiger partial charge in [-0.25, -0.2) is 17.2 Å². The zero-order chi connectivity index (χ0) is 15.6. The SMILES string of the molecule is CN(c1ccc(F)cc1)S(=O)(=O)c1cc(CCl)ccc1F. The molecule has 0 radical (unpaired) electrons. The van der Waals surface area contributed by atoms with Gasteiger partial charge in [-0.2, -0.15) is 0 Å². The Kier molecular flexibility index (Phi) is 4.49. The first-order valence-corrected chi connectivity index (χ1v) is 7.92. The van der Waals surface area contributed by atoms with E-state index in [1.165, 1.54) is 31.3 Å². The van der Waals surface area contributed by atoms with Gasteiger partial charge in [0, 0.05) is 12.9 Å². The summed E-state index contributed by atoms with van der Waals surface area (Å²) in [4.78, 5) is -0.465. The summed E-state index contributed by atoms with van der Waals surface area (Å²) in [7, 11) is -2.82. The second kappa shape index (κ2) is 5.99. The van der Waals surface area contributed by atoms with Crippen molar-refractivity contribution in [2.75, 3.05) is 11.4 Å². The molecule has 2 rings (SSSR count). The molecule has 0 saturated heterocycles. The van der Waals surface area contributed by atoms with E-state index in [2.05, 4.69) is 0 Å². The summed E-state index contributed by atoms with van der Waals surface area (Å²) < 4.78 is 52.5. The van der Waals surface area contributed by atoms with Crippen molar-refractivity contribution in [3.63, 3.8) is 0 Å². The van der Waals surface area contributed by atoms with E-state index in [1.807, 2.05) is 0 Å². The summed E-state index contributed by atoms with van der Waals surface area (Å²) in [5, 5.41) is 0. The molecular formula is C14H12ClF2NO2S. The Balaban J connectivity index is 2.48. The number of alkyl halides is 1. The van der Waals surface area contributed by atoms with Crippen LogP contribution >= 0.6 is 11.6 Å². The molecule has 0 aliphatic rings. The van der Waals surface area contributed by atoms with Crippen molar-refractivity contribution in [2.45, 2.75) is 10.8 Å². The van der Waals surface area contributed by atoms with Crippen LogP contribution < -0.4 is 4.31 Å². The van der Waals surface area contributed by atoms with Gasteiger partial charge < -0.3 is 0 Å². The lowest BCUT2D eigenvalue weighted by molar-refractivity contribution is 0.565. The third-order valence-electron chi connectivity index (χ3n) is 2.98. The molecule has 0 aliphatic heterocycles. The van der Waals surface area contributed by atoms with Gasteiger partial charge >= 0.3 is 0 Å². The molecule has 112 valence electrons. The highest BCUT2D eigenvalue weighted by Gasteiger charge is 2.25. The van der Waals surface area contributed by atoms with Crippen LogP contribution in [0.25, 0.3) is 0 Å². The quantitative estimate of drug-likeness (QED) is 0.804. The first-order chi connectivity index (χ1) is 9.86. The molecule has 0 spiro atoms. The highest BCUT2D eigenvalue weighted by atomic mass is 35.5. The van der Waals surface area contributed by atoms with Crippen LogP contribution in [0.2, 0.25) is 0 Å². The van der Waals surface area contributed by atoms with Crippen molar-refractivity contribution in [1.82, 2.24) is 0 Å². The molecule has 2 aromatic rings. The van der Waals surface area contributed by atoms with Crippen molar-refractivity contribution in [1.29, 1.82) is 0 Å². The normalized spacial score (nSPS) is 11.4. The number of hydrogen-bond donors (Lipinski definition) is 0. The number of halogens is 3. The molecule has 0 unspecified atom stereocenters. The fraction of sp³-hybridized carbons (Fsp3) is 0.143. The van der Waals surface area contributed by atoms with Crippen LogP contribution in [0.1, 0.15) is 5.56 Å². The van der Waals surface area contributed by atoms with Crippen molar-refractivity contribution in [3.8, 4) is 0 Å². The van der Waals surface area contributed by atoms with E-state index >= 15 is 0 Å². The number of benzene rings is 2. The van der Waals surface area contributed by atoms with Crippen LogP contribution in [0, 0.1) is 11.6 Å². The summed E-state index contributed by atoms with van der Waals surface area (Å²) in [6.45, 7) is 0. The van der Waals surface area contributed by atoms with E-state index in [0.29, 0.717) is 5.56 Å². The van der Waals surface area contributed by atoms with Gasteiger partial charge in [-0.3, -0.25) is 4.31 Å². The van der Waals surface area contributed by atoms with Crippen molar-refractivity contribution in [3.05, 3.63) is 59.7 Å². The van der Waals surface area contributed by atoms with Crippen LogP contribution in [0.5, 0.6) is 0 Å². The van der Waals surface area contributed by atoms with Gasteiger partial charge in [-0.1, -0.05) is 6.07 Å². The summed E-state index contributed by atoms with van der Waals surface area (Å²) in [5.41, 5.74) is 0.719. The Morgan fingerprint density at radius 2 is 1.71 bits per heavy atom. The maximum absolute atomic E-state index is 13.8. The van der Waals surface area contributed by atoms with Gasteiger partial charge in [0.05, 0.1) is 5.69 Å². The first kappa shape index (κ1) is 15.7. The molecule has 0 bridgehead atoms. The molecule has 0 amide bonds. The van der Waals surface area contributed by atoms with Gasteiger partial charge in [-0.15, -0.1) is 11.6 Å². The molecule has 7 heteroatoms. The summed E-state index contributed by atoms with van der Waals surface area (Å²) in [5.74, 6) is -1.28. The number of anilines is 1. The standard InChI is InChI=1S/C14H12ClF2NO2S/c1-18(12-5-3-11(16)4-6-12)21(19,20)14-8-10(9-15)2-7-13(14)17/h2-8H,9H2,1H3. The summed E-state index contributed by atoms with van der Waals surface area (Å²) in [6.07, 6.45) is 0. The third-order valence-corrected chi connectivity index (χ3v) is 5.09. The molecule has 0 heterocycles. The molecule has 0 N–H and O–H groups in total. The van der Waals surface area contributed by atoms with E-state index < -0.39 is 26.6 Å². The molecule has 0 saturated carbocycles. The predicted octanol–water partition coefficient (Wildman–Crippen LogP) is 3.53. The summed E-state index contributed by atoms with van der Waals surface area (Å²) >= 11 is 5.64. The summed E-state index contributed by atoms with van der Waals surface area (Å²) in [6, 6.07) is 8.53. The lowest BCUT2D eigenvalue weighted by Crippen LogP contribution is -2.27.